The van der Waals surface area contributed by atoms with Gasteiger partial charge in [-0.25, -0.2) is 0 Å². The van der Waals surface area contributed by atoms with E-state index in [0.717, 1.165) is 91.1 Å². The lowest BCUT2D eigenvalue weighted by Gasteiger charge is -2.39. The van der Waals surface area contributed by atoms with Crippen molar-refractivity contribution in [3.63, 3.8) is 0 Å². The highest BCUT2D eigenvalue weighted by molar-refractivity contribution is 5.80. The van der Waals surface area contributed by atoms with Crippen LogP contribution in [0.4, 0.5) is 0 Å². The van der Waals surface area contributed by atoms with Crippen LogP contribution < -0.4 is 0 Å². The number of carbonyl (C=O) groups excluding carboxylic acids is 2. The molecule has 6 heteroatoms. The normalized spacial score (nSPS) is 21.9. The molecule has 0 spiro atoms. The first-order valence-electron chi connectivity index (χ1n) is 12.1. The van der Waals surface area contributed by atoms with Crippen LogP contribution in [0.25, 0.3) is 0 Å². The van der Waals surface area contributed by atoms with Crippen LogP contribution in [-0.2, 0) is 20.7 Å². The van der Waals surface area contributed by atoms with Crippen LogP contribution in [-0.4, -0.2) is 85.5 Å². The van der Waals surface area contributed by atoms with Gasteiger partial charge < -0.3 is 14.5 Å². The Morgan fingerprint density at radius 2 is 1.48 bits per heavy atom. The van der Waals surface area contributed by atoms with E-state index in [0.29, 0.717) is 18.2 Å². The van der Waals surface area contributed by atoms with E-state index in [1.807, 2.05) is 23.1 Å². The monoisotopic (exact) mass is 427 g/mol. The van der Waals surface area contributed by atoms with E-state index in [1.54, 1.807) is 0 Å². The topological polar surface area (TPSA) is 53.1 Å². The van der Waals surface area contributed by atoms with Crippen LogP contribution in [0.2, 0.25) is 0 Å². The van der Waals surface area contributed by atoms with Crippen molar-refractivity contribution in [1.82, 2.24) is 14.7 Å². The van der Waals surface area contributed by atoms with Crippen LogP contribution in [0.1, 0.15) is 37.7 Å². The van der Waals surface area contributed by atoms with Crippen LogP contribution in [0, 0.1) is 11.8 Å². The highest BCUT2D eigenvalue weighted by Crippen LogP contribution is 2.25. The molecule has 0 aromatic heterocycles. The average Bonchev–Trinajstić information content (AvgIpc) is 2.84. The Hall–Kier alpha value is -1.92. The number of carbonyl (C=O) groups is 2. The van der Waals surface area contributed by atoms with Gasteiger partial charge >= 0.3 is 0 Å². The fourth-order valence-electron chi connectivity index (χ4n) is 5.17. The predicted molar refractivity (Wildman–Crippen MR) is 121 cm³/mol. The Morgan fingerprint density at radius 1 is 0.839 bits per heavy atom. The number of hydrogen-bond acceptors (Lipinski definition) is 4. The minimum atomic E-state index is 0.0916. The van der Waals surface area contributed by atoms with Gasteiger partial charge in [0.2, 0.25) is 11.8 Å². The van der Waals surface area contributed by atoms with Gasteiger partial charge in [0.05, 0.1) is 13.2 Å². The van der Waals surface area contributed by atoms with Gasteiger partial charge in [-0.3, -0.25) is 14.5 Å². The summed E-state index contributed by atoms with van der Waals surface area (Å²) in [6, 6.07) is 10.2. The quantitative estimate of drug-likeness (QED) is 0.700. The molecule has 0 radical (unpaired) electrons. The molecule has 0 bridgehead atoms. The number of piperidine rings is 2. The number of benzene rings is 1. The Balaban J connectivity index is 1.15. The molecule has 0 atom stereocenters. The fraction of sp³-hybridized carbons (Fsp3) is 0.680. The first-order valence-corrected chi connectivity index (χ1v) is 12.1. The van der Waals surface area contributed by atoms with E-state index in [4.69, 9.17) is 4.74 Å². The Bertz CT molecular complexity index is 704. The van der Waals surface area contributed by atoms with Gasteiger partial charge in [-0.1, -0.05) is 30.3 Å². The van der Waals surface area contributed by atoms with Gasteiger partial charge in [0, 0.05) is 58.2 Å². The number of rotatable bonds is 6. The molecule has 170 valence electrons. The second-order valence-corrected chi connectivity index (χ2v) is 9.32. The lowest BCUT2D eigenvalue weighted by atomic mass is 9.91. The van der Waals surface area contributed by atoms with Gasteiger partial charge in [-0.15, -0.1) is 0 Å². The molecule has 3 saturated heterocycles. The van der Waals surface area contributed by atoms with E-state index >= 15 is 0 Å². The number of nitrogens with zero attached hydrogens (tertiary/aromatic N) is 3. The van der Waals surface area contributed by atoms with Crippen molar-refractivity contribution in [2.45, 2.75) is 38.5 Å². The zero-order chi connectivity index (χ0) is 21.5. The van der Waals surface area contributed by atoms with Crippen molar-refractivity contribution >= 4 is 11.8 Å². The molecule has 3 fully saturated rings. The summed E-state index contributed by atoms with van der Waals surface area (Å²) in [7, 11) is 0. The molecule has 0 saturated carbocycles. The molecule has 1 aromatic carbocycles. The molecule has 4 rings (SSSR count). The molecule has 0 N–H and O–H groups in total. The Morgan fingerprint density at radius 3 is 2.16 bits per heavy atom. The molecule has 1 aromatic rings. The summed E-state index contributed by atoms with van der Waals surface area (Å²) in [6.07, 6.45) is 5.18. The highest BCUT2D eigenvalue weighted by Gasteiger charge is 2.32. The van der Waals surface area contributed by atoms with Gasteiger partial charge in [0.25, 0.3) is 0 Å². The number of likely N-dealkylation sites (tertiary alicyclic amines) is 2. The van der Waals surface area contributed by atoms with Gasteiger partial charge in [0.15, 0.2) is 0 Å². The third-order valence-corrected chi connectivity index (χ3v) is 7.21. The first kappa shape index (κ1) is 22.3. The summed E-state index contributed by atoms with van der Waals surface area (Å²) < 4.78 is 5.44. The van der Waals surface area contributed by atoms with Crippen LogP contribution >= 0.6 is 0 Å². The van der Waals surface area contributed by atoms with Crippen LogP contribution in [0.15, 0.2) is 30.3 Å². The third-order valence-electron chi connectivity index (χ3n) is 7.21. The van der Waals surface area contributed by atoms with E-state index in [1.165, 1.54) is 5.56 Å². The molecular weight excluding hydrogens is 390 g/mol. The summed E-state index contributed by atoms with van der Waals surface area (Å²) in [4.78, 5) is 32.2. The van der Waals surface area contributed by atoms with Crippen molar-refractivity contribution in [1.29, 1.82) is 0 Å². The van der Waals surface area contributed by atoms with Crippen LogP contribution in [0.3, 0.4) is 0 Å². The molecular formula is C25H37N3O3. The molecule has 3 aliphatic heterocycles. The van der Waals surface area contributed by atoms with Crippen molar-refractivity contribution in [2.24, 2.45) is 11.8 Å². The fourth-order valence-corrected chi connectivity index (χ4v) is 5.17. The maximum Gasteiger partial charge on any atom is 0.225 e. The zero-order valence-electron chi connectivity index (χ0n) is 18.7. The van der Waals surface area contributed by atoms with Crippen LogP contribution in [0.5, 0.6) is 0 Å². The number of morpholine rings is 1. The Labute approximate surface area is 186 Å². The minimum Gasteiger partial charge on any atom is -0.379 e. The highest BCUT2D eigenvalue weighted by atomic mass is 16.5. The second kappa shape index (κ2) is 11.1. The molecule has 0 aliphatic carbocycles. The smallest absolute Gasteiger partial charge is 0.225 e. The molecule has 0 unspecified atom stereocenters. The zero-order valence-corrected chi connectivity index (χ0v) is 18.7. The standard InChI is InChI=1S/C25H37N3O3/c29-24(7-6-21-4-2-1-3-5-21)27-14-10-23(11-15-27)25(30)28-12-8-22(9-13-28)20-26-16-18-31-19-17-26/h1-5,22-23H,6-20H2. The number of ether oxygens (including phenoxy) is 1. The SMILES string of the molecule is O=C(CCc1ccccc1)N1CCC(C(=O)N2CCC(CN3CCOCC3)CC2)CC1. The van der Waals surface area contributed by atoms with E-state index < -0.39 is 0 Å². The number of hydrogen-bond donors (Lipinski definition) is 0. The summed E-state index contributed by atoms with van der Waals surface area (Å²) in [5, 5.41) is 0. The van der Waals surface area contributed by atoms with E-state index in [-0.39, 0.29) is 11.8 Å². The van der Waals surface area contributed by atoms with Gasteiger partial charge in [0.1, 0.15) is 0 Å². The first-order chi connectivity index (χ1) is 15.2. The number of aryl methyl sites for hydroxylation is 1. The molecule has 2 amide bonds. The van der Waals surface area contributed by atoms with Crippen molar-refractivity contribution in [3.8, 4) is 0 Å². The molecule has 6 nitrogen and oxygen atoms in total. The molecule has 3 heterocycles. The molecule has 3 aliphatic rings. The maximum atomic E-state index is 13.0. The lowest BCUT2D eigenvalue weighted by Crippen LogP contribution is -2.48. The lowest BCUT2D eigenvalue weighted by molar-refractivity contribution is -0.141. The third kappa shape index (κ3) is 6.30. The number of amides is 2. The molecule has 31 heavy (non-hydrogen) atoms. The average molecular weight is 428 g/mol. The maximum absolute atomic E-state index is 13.0. The summed E-state index contributed by atoms with van der Waals surface area (Å²) in [6.45, 7) is 8.16. The van der Waals surface area contributed by atoms with Crippen molar-refractivity contribution < 1.29 is 14.3 Å². The minimum absolute atomic E-state index is 0.0916. The Kier molecular flexibility index (Phi) is 7.97. The van der Waals surface area contributed by atoms with Gasteiger partial charge in [-0.05, 0) is 43.6 Å². The summed E-state index contributed by atoms with van der Waals surface area (Å²) >= 11 is 0. The van der Waals surface area contributed by atoms with E-state index in [2.05, 4.69) is 21.9 Å². The largest absolute Gasteiger partial charge is 0.379 e. The predicted octanol–water partition coefficient (Wildman–Crippen LogP) is 2.43. The van der Waals surface area contributed by atoms with E-state index in [9.17, 15) is 9.59 Å². The summed E-state index contributed by atoms with van der Waals surface area (Å²) in [5.74, 6) is 1.33. The second-order valence-electron chi connectivity index (χ2n) is 9.32. The van der Waals surface area contributed by atoms with Crippen molar-refractivity contribution in [3.05, 3.63) is 35.9 Å². The van der Waals surface area contributed by atoms with Crippen molar-refractivity contribution in [2.75, 3.05) is 59.0 Å². The summed E-state index contributed by atoms with van der Waals surface area (Å²) in [5.41, 5.74) is 1.21. The van der Waals surface area contributed by atoms with Gasteiger partial charge in [-0.2, -0.15) is 0 Å².